The number of ether oxygens (including phenoxy) is 2. The molecule has 6 heteroatoms. The average molecular weight is 307 g/mol. The van der Waals surface area contributed by atoms with Crippen LogP contribution in [-0.2, 0) is 4.79 Å². The van der Waals surface area contributed by atoms with Crippen molar-refractivity contribution < 1.29 is 14.3 Å². The second-order valence-electron chi connectivity index (χ2n) is 5.58. The van der Waals surface area contributed by atoms with Gasteiger partial charge in [-0.15, -0.1) is 0 Å². The Balaban J connectivity index is 1.96. The fraction of sp³-hybridized carbons (Fsp3) is 0.688. The van der Waals surface area contributed by atoms with Crippen molar-refractivity contribution in [3.63, 3.8) is 0 Å². The summed E-state index contributed by atoms with van der Waals surface area (Å²) < 4.78 is 10.9. The van der Waals surface area contributed by atoms with Crippen molar-refractivity contribution in [3.8, 4) is 11.8 Å². The lowest BCUT2D eigenvalue weighted by atomic mass is 9.99. The quantitative estimate of drug-likeness (QED) is 0.807. The van der Waals surface area contributed by atoms with Crippen LogP contribution in [0.1, 0.15) is 39.5 Å². The van der Waals surface area contributed by atoms with Crippen molar-refractivity contribution in [3.05, 3.63) is 12.4 Å². The smallest absolute Gasteiger partial charge is 0.235 e. The third-order valence-electron chi connectivity index (χ3n) is 4.11. The largest absolute Gasteiger partial charge is 0.480 e. The molecule has 1 fully saturated rings. The summed E-state index contributed by atoms with van der Waals surface area (Å²) in [6, 6.07) is 0. The Morgan fingerprint density at radius 2 is 2.09 bits per heavy atom. The second kappa shape index (κ2) is 7.96. The van der Waals surface area contributed by atoms with Crippen LogP contribution in [0, 0.1) is 5.92 Å². The first-order chi connectivity index (χ1) is 10.7. The predicted octanol–water partition coefficient (Wildman–Crippen LogP) is 2.29. The summed E-state index contributed by atoms with van der Waals surface area (Å²) in [5.74, 6) is 1.24. The number of hydrogen-bond donors (Lipinski definition) is 0. The number of likely N-dealkylation sites (tertiary alicyclic amines) is 1. The van der Waals surface area contributed by atoms with Crippen LogP contribution in [0.15, 0.2) is 12.4 Å². The Bertz CT molecular complexity index is 491. The van der Waals surface area contributed by atoms with Crippen molar-refractivity contribution in [1.29, 1.82) is 0 Å². The molecular formula is C16H25N3O3. The van der Waals surface area contributed by atoms with Gasteiger partial charge in [-0.05, 0) is 25.7 Å². The normalized spacial score (nSPS) is 18.4. The van der Waals surface area contributed by atoms with E-state index in [2.05, 4.69) is 23.8 Å². The van der Waals surface area contributed by atoms with Crippen LogP contribution in [0.2, 0.25) is 0 Å². The highest BCUT2D eigenvalue weighted by atomic mass is 16.5. The Hall–Kier alpha value is -1.85. The molecule has 0 aromatic carbocycles. The topological polar surface area (TPSA) is 64.6 Å². The average Bonchev–Trinajstić information content (AvgIpc) is 2.56. The molecule has 1 unspecified atom stereocenters. The number of amides is 1. The van der Waals surface area contributed by atoms with E-state index >= 15 is 0 Å². The lowest BCUT2D eigenvalue weighted by Crippen LogP contribution is -2.46. The van der Waals surface area contributed by atoms with Gasteiger partial charge in [-0.1, -0.05) is 13.8 Å². The number of aromatic nitrogens is 2. The molecule has 22 heavy (non-hydrogen) atoms. The first kappa shape index (κ1) is 16.5. The summed E-state index contributed by atoms with van der Waals surface area (Å²) in [6.07, 6.45) is 6.73. The lowest BCUT2D eigenvalue weighted by molar-refractivity contribution is -0.138. The molecule has 0 saturated carbocycles. The predicted molar refractivity (Wildman–Crippen MR) is 82.9 cm³/mol. The maximum absolute atomic E-state index is 12.5. The van der Waals surface area contributed by atoms with Crippen LogP contribution >= 0.6 is 0 Å². The molecule has 122 valence electrons. The molecule has 1 amide bonds. The van der Waals surface area contributed by atoms with E-state index in [1.165, 1.54) is 6.20 Å². The van der Waals surface area contributed by atoms with Gasteiger partial charge in [-0.2, -0.15) is 4.98 Å². The minimum atomic E-state index is -0.0338. The van der Waals surface area contributed by atoms with Crippen LogP contribution in [0.4, 0.5) is 0 Å². The Morgan fingerprint density at radius 1 is 1.36 bits per heavy atom. The molecule has 0 aliphatic carbocycles. The Kier molecular flexibility index (Phi) is 5.98. The second-order valence-corrected chi connectivity index (χ2v) is 5.58. The molecule has 0 radical (unpaired) electrons. The van der Waals surface area contributed by atoms with Crippen LogP contribution in [0.5, 0.6) is 11.8 Å². The van der Waals surface area contributed by atoms with E-state index in [1.54, 1.807) is 13.3 Å². The van der Waals surface area contributed by atoms with Crippen molar-refractivity contribution in [2.75, 3.05) is 20.2 Å². The molecule has 1 aromatic rings. The summed E-state index contributed by atoms with van der Waals surface area (Å²) >= 11 is 0. The van der Waals surface area contributed by atoms with Gasteiger partial charge in [0.25, 0.3) is 0 Å². The first-order valence-electron chi connectivity index (χ1n) is 7.99. The monoisotopic (exact) mass is 307 g/mol. The molecule has 0 spiro atoms. The third kappa shape index (κ3) is 4.08. The number of methoxy groups -OCH3 is 1. The van der Waals surface area contributed by atoms with Crippen LogP contribution in [-0.4, -0.2) is 47.1 Å². The van der Waals surface area contributed by atoms with Gasteiger partial charge in [-0.25, -0.2) is 0 Å². The van der Waals surface area contributed by atoms with Crippen molar-refractivity contribution >= 4 is 5.91 Å². The lowest BCUT2D eigenvalue weighted by Gasteiger charge is -2.34. The van der Waals surface area contributed by atoms with E-state index in [1.807, 2.05) is 4.90 Å². The zero-order valence-electron chi connectivity index (χ0n) is 13.6. The molecule has 0 bridgehead atoms. The van der Waals surface area contributed by atoms with E-state index in [0.717, 1.165) is 32.2 Å². The van der Waals surface area contributed by atoms with E-state index in [-0.39, 0.29) is 17.9 Å². The van der Waals surface area contributed by atoms with Gasteiger partial charge in [0.15, 0.2) is 0 Å². The molecule has 1 aliphatic heterocycles. The minimum Gasteiger partial charge on any atom is -0.480 e. The standard InChI is InChI=1S/C16H25N3O3/c1-4-12(5-2)16(20)19-8-6-7-13(11-19)22-15-10-17-9-14(18-15)21-3/h9-10,12-13H,4-8,11H2,1-3H3. The van der Waals surface area contributed by atoms with E-state index in [0.29, 0.717) is 18.3 Å². The summed E-state index contributed by atoms with van der Waals surface area (Å²) in [5, 5.41) is 0. The number of carbonyl (C=O) groups is 1. The van der Waals surface area contributed by atoms with Gasteiger partial charge in [0.2, 0.25) is 17.7 Å². The number of rotatable bonds is 6. The zero-order valence-corrected chi connectivity index (χ0v) is 13.6. The van der Waals surface area contributed by atoms with E-state index < -0.39 is 0 Å². The van der Waals surface area contributed by atoms with Crippen LogP contribution < -0.4 is 9.47 Å². The van der Waals surface area contributed by atoms with Gasteiger partial charge in [0.1, 0.15) is 6.10 Å². The fourth-order valence-corrected chi connectivity index (χ4v) is 2.79. The van der Waals surface area contributed by atoms with Gasteiger partial charge in [0.05, 0.1) is 26.0 Å². The van der Waals surface area contributed by atoms with Crippen molar-refractivity contribution in [1.82, 2.24) is 14.9 Å². The summed E-state index contributed by atoms with van der Waals surface area (Å²) in [7, 11) is 1.55. The third-order valence-corrected chi connectivity index (χ3v) is 4.11. The van der Waals surface area contributed by atoms with Crippen LogP contribution in [0.3, 0.4) is 0 Å². The molecule has 1 aliphatic rings. The highest BCUT2D eigenvalue weighted by Crippen LogP contribution is 2.21. The minimum absolute atomic E-state index is 0.0338. The number of nitrogens with zero attached hydrogens (tertiary/aromatic N) is 3. The molecule has 1 atom stereocenters. The van der Waals surface area contributed by atoms with E-state index in [4.69, 9.17) is 9.47 Å². The highest BCUT2D eigenvalue weighted by Gasteiger charge is 2.28. The van der Waals surface area contributed by atoms with Crippen molar-refractivity contribution in [2.24, 2.45) is 5.92 Å². The summed E-state index contributed by atoms with van der Waals surface area (Å²) in [5.41, 5.74) is 0. The summed E-state index contributed by atoms with van der Waals surface area (Å²) in [6.45, 7) is 5.57. The molecule has 2 rings (SSSR count). The number of piperidine rings is 1. The molecule has 0 N–H and O–H groups in total. The molecule has 1 saturated heterocycles. The SMILES string of the molecule is CCC(CC)C(=O)N1CCCC(Oc2cncc(OC)n2)C1. The highest BCUT2D eigenvalue weighted by molar-refractivity contribution is 5.78. The molecule has 2 heterocycles. The Morgan fingerprint density at radius 3 is 2.77 bits per heavy atom. The maximum Gasteiger partial charge on any atom is 0.235 e. The van der Waals surface area contributed by atoms with E-state index in [9.17, 15) is 4.79 Å². The van der Waals surface area contributed by atoms with Gasteiger partial charge < -0.3 is 14.4 Å². The van der Waals surface area contributed by atoms with Crippen molar-refractivity contribution in [2.45, 2.75) is 45.6 Å². The van der Waals surface area contributed by atoms with Gasteiger partial charge >= 0.3 is 0 Å². The van der Waals surface area contributed by atoms with Gasteiger partial charge in [0, 0.05) is 12.5 Å². The fourth-order valence-electron chi connectivity index (χ4n) is 2.79. The van der Waals surface area contributed by atoms with Gasteiger partial charge in [-0.3, -0.25) is 9.78 Å². The number of hydrogen-bond acceptors (Lipinski definition) is 5. The van der Waals surface area contributed by atoms with Crippen LogP contribution in [0.25, 0.3) is 0 Å². The molecule has 6 nitrogen and oxygen atoms in total. The maximum atomic E-state index is 12.5. The molecule has 1 aromatic heterocycles. The zero-order chi connectivity index (χ0) is 15.9. The first-order valence-corrected chi connectivity index (χ1v) is 7.99. The number of carbonyl (C=O) groups excluding carboxylic acids is 1. The summed E-state index contributed by atoms with van der Waals surface area (Å²) in [4.78, 5) is 22.7. The molecular weight excluding hydrogens is 282 g/mol. The Labute approximate surface area is 131 Å².